The van der Waals surface area contributed by atoms with E-state index in [9.17, 15) is 4.79 Å². The summed E-state index contributed by atoms with van der Waals surface area (Å²) in [6, 6.07) is -0.0160. The smallest absolute Gasteiger partial charge is 0.149 e. The second-order valence-corrected chi connectivity index (χ2v) is 3.58. The number of methoxy groups -OCH3 is 1. The van der Waals surface area contributed by atoms with Crippen LogP contribution in [0.1, 0.15) is 25.7 Å². The number of ether oxygens (including phenoxy) is 1. The van der Waals surface area contributed by atoms with E-state index in [-0.39, 0.29) is 17.9 Å². The van der Waals surface area contributed by atoms with Gasteiger partial charge in [-0.05, 0) is 12.8 Å². The first-order valence-corrected chi connectivity index (χ1v) is 5.00. The molecule has 0 aromatic heterocycles. The highest BCUT2D eigenvalue weighted by molar-refractivity contribution is 5.84. The predicted molar refractivity (Wildman–Crippen MR) is 54.9 cm³/mol. The molecule has 0 spiro atoms. The Hall–Kier alpha value is -0.850. The molecule has 0 aromatic rings. The molecule has 2 atom stereocenters. The SMILES string of the molecule is C#CCCCC(=O)C1CC(OC)CN1. The van der Waals surface area contributed by atoms with Crippen LogP contribution in [0.2, 0.25) is 0 Å². The van der Waals surface area contributed by atoms with Crippen molar-refractivity contribution >= 4 is 5.78 Å². The average molecular weight is 195 g/mol. The standard InChI is InChI=1S/C11H17NO2/c1-3-4-5-6-11(13)10-7-9(14-2)8-12-10/h1,9-10,12H,4-8H2,2H3. The first-order valence-electron chi connectivity index (χ1n) is 5.00. The van der Waals surface area contributed by atoms with Gasteiger partial charge in [0.15, 0.2) is 0 Å². The van der Waals surface area contributed by atoms with E-state index in [0.29, 0.717) is 12.8 Å². The quantitative estimate of drug-likeness (QED) is 0.519. The van der Waals surface area contributed by atoms with E-state index in [1.54, 1.807) is 7.11 Å². The second kappa shape index (κ2) is 5.79. The minimum absolute atomic E-state index is 0.0160. The lowest BCUT2D eigenvalue weighted by Gasteiger charge is -2.08. The third-order valence-electron chi connectivity index (χ3n) is 2.56. The molecule has 1 N–H and O–H groups in total. The molecule has 1 saturated heterocycles. The van der Waals surface area contributed by atoms with Gasteiger partial charge < -0.3 is 10.1 Å². The highest BCUT2D eigenvalue weighted by Gasteiger charge is 2.28. The molecule has 3 nitrogen and oxygen atoms in total. The molecule has 1 aliphatic rings. The van der Waals surface area contributed by atoms with Gasteiger partial charge in [-0.1, -0.05) is 0 Å². The van der Waals surface area contributed by atoms with Crippen LogP contribution in [0.3, 0.4) is 0 Å². The van der Waals surface area contributed by atoms with Crippen LogP contribution in [-0.4, -0.2) is 31.6 Å². The van der Waals surface area contributed by atoms with Crippen molar-refractivity contribution in [1.82, 2.24) is 5.32 Å². The van der Waals surface area contributed by atoms with Gasteiger partial charge in [-0.3, -0.25) is 4.79 Å². The Morgan fingerprint density at radius 2 is 2.50 bits per heavy atom. The van der Waals surface area contributed by atoms with Gasteiger partial charge in [-0.25, -0.2) is 0 Å². The number of terminal acetylenes is 1. The zero-order valence-corrected chi connectivity index (χ0v) is 8.58. The Balaban J connectivity index is 2.22. The molecule has 0 radical (unpaired) electrons. The van der Waals surface area contributed by atoms with Crippen molar-refractivity contribution in [1.29, 1.82) is 0 Å². The highest BCUT2D eigenvalue weighted by Crippen LogP contribution is 2.12. The number of carbonyl (C=O) groups excluding carboxylic acids is 1. The minimum Gasteiger partial charge on any atom is -0.380 e. The van der Waals surface area contributed by atoms with Crippen LogP contribution in [0.5, 0.6) is 0 Å². The normalized spacial score (nSPS) is 26.0. The van der Waals surface area contributed by atoms with Crippen LogP contribution in [-0.2, 0) is 9.53 Å². The molecule has 0 aromatic carbocycles. The third kappa shape index (κ3) is 3.13. The first-order chi connectivity index (χ1) is 6.77. The molecule has 0 bridgehead atoms. The summed E-state index contributed by atoms with van der Waals surface area (Å²) in [7, 11) is 1.68. The third-order valence-corrected chi connectivity index (χ3v) is 2.56. The molecular weight excluding hydrogens is 178 g/mol. The van der Waals surface area contributed by atoms with Gasteiger partial charge >= 0.3 is 0 Å². The molecular formula is C11H17NO2. The monoisotopic (exact) mass is 195 g/mol. The fraction of sp³-hybridized carbons (Fsp3) is 0.727. The zero-order valence-electron chi connectivity index (χ0n) is 8.58. The maximum absolute atomic E-state index is 11.6. The van der Waals surface area contributed by atoms with Gasteiger partial charge in [-0.15, -0.1) is 12.3 Å². The van der Waals surface area contributed by atoms with Crippen LogP contribution < -0.4 is 5.32 Å². The average Bonchev–Trinajstić information content (AvgIpc) is 2.66. The van der Waals surface area contributed by atoms with Gasteiger partial charge in [0, 0.05) is 26.5 Å². The van der Waals surface area contributed by atoms with E-state index < -0.39 is 0 Å². The van der Waals surface area contributed by atoms with Crippen LogP contribution in [0.4, 0.5) is 0 Å². The van der Waals surface area contributed by atoms with Crippen molar-refractivity contribution in [2.24, 2.45) is 0 Å². The zero-order chi connectivity index (χ0) is 10.4. The largest absolute Gasteiger partial charge is 0.380 e. The van der Waals surface area contributed by atoms with Crippen molar-refractivity contribution in [2.45, 2.75) is 37.8 Å². The second-order valence-electron chi connectivity index (χ2n) is 3.58. The van der Waals surface area contributed by atoms with Crippen molar-refractivity contribution in [2.75, 3.05) is 13.7 Å². The van der Waals surface area contributed by atoms with E-state index in [0.717, 1.165) is 19.4 Å². The predicted octanol–water partition coefficient (Wildman–Crippen LogP) is 0.736. The van der Waals surface area contributed by atoms with Gasteiger partial charge in [0.05, 0.1) is 12.1 Å². The lowest BCUT2D eigenvalue weighted by atomic mass is 10.0. The Labute approximate surface area is 85.2 Å². The van der Waals surface area contributed by atoms with E-state index >= 15 is 0 Å². The van der Waals surface area contributed by atoms with Crippen molar-refractivity contribution in [3.8, 4) is 12.3 Å². The molecule has 3 heteroatoms. The maximum Gasteiger partial charge on any atom is 0.149 e. The maximum atomic E-state index is 11.6. The highest BCUT2D eigenvalue weighted by atomic mass is 16.5. The number of carbonyl (C=O) groups is 1. The summed E-state index contributed by atoms with van der Waals surface area (Å²) < 4.78 is 5.17. The van der Waals surface area contributed by atoms with Gasteiger partial charge in [-0.2, -0.15) is 0 Å². The molecule has 78 valence electrons. The molecule has 14 heavy (non-hydrogen) atoms. The molecule has 1 aliphatic heterocycles. The number of hydrogen-bond acceptors (Lipinski definition) is 3. The topological polar surface area (TPSA) is 38.3 Å². The van der Waals surface area contributed by atoms with Crippen LogP contribution >= 0.6 is 0 Å². The van der Waals surface area contributed by atoms with E-state index in [1.165, 1.54) is 0 Å². The number of rotatable bonds is 5. The lowest BCUT2D eigenvalue weighted by molar-refractivity contribution is -0.120. The molecule has 2 unspecified atom stereocenters. The van der Waals surface area contributed by atoms with E-state index in [1.807, 2.05) is 0 Å². The number of nitrogens with one attached hydrogen (secondary N) is 1. The summed E-state index contributed by atoms with van der Waals surface area (Å²) in [5.41, 5.74) is 0. The molecule has 0 amide bonds. The molecule has 0 aliphatic carbocycles. The summed E-state index contributed by atoms with van der Waals surface area (Å²) >= 11 is 0. The Morgan fingerprint density at radius 1 is 1.71 bits per heavy atom. The molecule has 0 saturated carbocycles. The fourth-order valence-corrected chi connectivity index (χ4v) is 1.67. The van der Waals surface area contributed by atoms with E-state index in [2.05, 4.69) is 11.2 Å². The summed E-state index contributed by atoms with van der Waals surface area (Å²) in [5.74, 6) is 2.80. The van der Waals surface area contributed by atoms with Gasteiger partial charge in [0.25, 0.3) is 0 Å². The lowest BCUT2D eigenvalue weighted by Crippen LogP contribution is -2.30. The van der Waals surface area contributed by atoms with Crippen LogP contribution in [0.15, 0.2) is 0 Å². The van der Waals surface area contributed by atoms with Crippen LogP contribution in [0, 0.1) is 12.3 Å². The van der Waals surface area contributed by atoms with Gasteiger partial charge in [0.2, 0.25) is 0 Å². The van der Waals surface area contributed by atoms with Gasteiger partial charge in [0.1, 0.15) is 5.78 Å². The van der Waals surface area contributed by atoms with Crippen molar-refractivity contribution < 1.29 is 9.53 Å². The number of unbranched alkanes of at least 4 members (excludes halogenated alkanes) is 1. The molecule has 1 fully saturated rings. The summed E-state index contributed by atoms with van der Waals surface area (Å²) in [4.78, 5) is 11.6. The Morgan fingerprint density at radius 3 is 3.07 bits per heavy atom. The first kappa shape index (κ1) is 11.2. The number of ketones is 1. The summed E-state index contributed by atoms with van der Waals surface area (Å²) in [6.07, 6.45) is 8.17. The minimum atomic E-state index is -0.0160. The van der Waals surface area contributed by atoms with E-state index in [4.69, 9.17) is 11.2 Å². The Kier molecular flexibility index (Phi) is 4.64. The summed E-state index contributed by atoms with van der Waals surface area (Å²) in [6.45, 7) is 0.780. The van der Waals surface area contributed by atoms with Crippen molar-refractivity contribution in [3.05, 3.63) is 0 Å². The Bertz CT molecular complexity index is 232. The molecule has 1 heterocycles. The van der Waals surface area contributed by atoms with Crippen molar-refractivity contribution in [3.63, 3.8) is 0 Å². The fourth-order valence-electron chi connectivity index (χ4n) is 1.67. The summed E-state index contributed by atoms with van der Waals surface area (Å²) in [5, 5.41) is 3.16. The molecule has 1 rings (SSSR count). The van der Waals surface area contributed by atoms with Crippen LogP contribution in [0.25, 0.3) is 0 Å². The number of hydrogen-bond donors (Lipinski definition) is 1. The number of Topliss-reactive ketones (excluding diaryl/α,β-unsaturated/α-hetero) is 1.